The molecule has 104 valence electrons. The van der Waals surface area contributed by atoms with Crippen molar-refractivity contribution >= 4 is 17.5 Å². The number of ether oxygens (including phenoxy) is 1. The van der Waals surface area contributed by atoms with Gasteiger partial charge in [0.1, 0.15) is 5.75 Å². The van der Waals surface area contributed by atoms with Gasteiger partial charge in [-0.15, -0.1) is 0 Å². The van der Waals surface area contributed by atoms with Crippen molar-refractivity contribution in [2.45, 2.75) is 37.8 Å². The largest absolute Gasteiger partial charge is 0.496 e. The molecule has 0 atom stereocenters. The summed E-state index contributed by atoms with van der Waals surface area (Å²) in [5.41, 5.74) is 6.37. The first kappa shape index (κ1) is 14.2. The molecule has 2 rings (SSSR count). The van der Waals surface area contributed by atoms with Crippen LogP contribution in [0.15, 0.2) is 18.2 Å². The lowest BCUT2D eigenvalue weighted by atomic mass is 9.91. The van der Waals surface area contributed by atoms with Crippen LogP contribution in [0.5, 0.6) is 5.75 Å². The molecule has 3 N–H and O–H groups in total. The summed E-state index contributed by atoms with van der Waals surface area (Å²) in [6.07, 6.45) is 3.79. The van der Waals surface area contributed by atoms with Crippen LogP contribution in [0.3, 0.4) is 0 Å². The highest BCUT2D eigenvalue weighted by Gasteiger charge is 2.21. The third-order valence-electron chi connectivity index (χ3n) is 3.52. The number of hydrogen-bond donors (Lipinski definition) is 2. The molecule has 0 spiro atoms. The summed E-state index contributed by atoms with van der Waals surface area (Å²) < 4.78 is 5.19. The smallest absolute Gasteiger partial charge is 0.255 e. The highest BCUT2D eigenvalue weighted by molar-refractivity contribution is 6.30. The molecule has 0 saturated heterocycles. The Morgan fingerprint density at radius 1 is 1.37 bits per heavy atom. The molecule has 5 heteroatoms. The molecule has 0 aromatic heterocycles. The summed E-state index contributed by atoms with van der Waals surface area (Å²) in [5, 5.41) is 3.59. The first-order chi connectivity index (χ1) is 9.10. The molecule has 0 unspecified atom stereocenters. The van der Waals surface area contributed by atoms with Crippen LogP contribution in [-0.4, -0.2) is 25.1 Å². The first-order valence-corrected chi connectivity index (χ1v) is 6.88. The minimum atomic E-state index is -0.117. The van der Waals surface area contributed by atoms with Crippen LogP contribution in [0.25, 0.3) is 0 Å². The summed E-state index contributed by atoms with van der Waals surface area (Å²) in [5.74, 6) is 0.381. The lowest BCUT2D eigenvalue weighted by Crippen LogP contribution is -2.40. The maximum Gasteiger partial charge on any atom is 0.255 e. The highest BCUT2D eigenvalue weighted by Crippen LogP contribution is 2.24. The third kappa shape index (κ3) is 3.61. The number of benzene rings is 1. The normalized spacial score (nSPS) is 22.9. The van der Waals surface area contributed by atoms with Gasteiger partial charge in [0.05, 0.1) is 12.7 Å². The maximum atomic E-state index is 12.2. The van der Waals surface area contributed by atoms with E-state index in [1.165, 1.54) is 7.11 Å². The van der Waals surface area contributed by atoms with E-state index >= 15 is 0 Å². The number of rotatable bonds is 3. The quantitative estimate of drug-likeness (QED) is 0.894. The number of nitrogens with two attached hydrogens (primary N) is 1. The average Bonchev–Trinajstić information content (AvgIpc) is 2.41. The topological polar surface area (TPSA) is 64.3 Å². The maximum absolute atomic E-state index is 12.2. The van der Waals surface area contributed by atoms with Crippen molar-refractivity contribution < 1.29 is 9.53 Å². The Morgan fingerprint density at radius 3 is 2.68 bits per heavy atom. The van der Waals surface area contributed by atoms with Crippen LogP contribution in [0.4, 0.5) is 0 Å². The molecule has 1 aliphatic rings. The summed E-state index contributed by atoms with van der Waals surface area (Å²) >= 11 is 5.88. The zero-order chi connectivity index (χ0) is 13.8. The molecule has 1 aromatic carbocycles. The fourth-order valence-corrected chi connectivity index (χ4v) is 2.54. The Bertz CT molecular complexity index is 457. The van der Waals surface area contributed by atoms with Gasteiger partial charge in [-0.2, -0.15) is 0 Å². The molecule has 1 aliphatic carbocycles. The Balaban J connectivity index is 2.03. The van der Waals surface area contributed by atoms with Crippen molar-refractivity contribution in [3.05, 3.63) is 28.8 Å². The fourth-order valence-electron chi connectivity index (χ4n) is 2.38. The third-order valence-corrected chi connectivity index (χ3v) is 3.75. The van der Waals surface area contributed by atoms with E-state index in [9.17, 15) is 4.79 Å². The number of carbonyl (C=O) groups is 1. The summed E-state index contributed by atoms with van der Waals surface area (Å²) in [7, 11) is 1.53. The van der Waals surface area contributed by atoms with E-state index in [-0.39, 0.29) is 18.0 Å². The molecule has 0 heterocycles. The summed E-state index contributed by atoms with van der Waals surface area (Å²) in [4.78, 5) is 12.2. The van der Waals surface area contributed by atoms with E-state index in [1.54, 1.807) is 18.2 Å². The second-order valence-corrected chi connectivity index (χ2v) is 5.37. The van der Waals surface area contributed by atoms with Gasteiger partial charge in [-0.1, -0.05) is 11.6 Å². The van der Waals surface area contributed by atoms with Crippen LogP contribution in [0.1, 0.15) is 36.0 Å². The molecule has 1 aromatic rings. The van der Waals surface area contributed by atoms with Gasteiger partial charge in [0, 0.05) is 17.1 Å². The molecule has 1 amide bonds. The predicted molar refractivity (Wildman–Crippen MR) is 75.7 cm³/mol. The van der Waals surface area contributed by atoms with E-state index in [1.807, 2.05) is 0 Å². The molecule has 1 saturated carbocycles. The molecular formula is C14H19ClN2O2. The number of carbonyl (C=O) groups excluding carboxylic acids is 1. The molecule has 4 nitrogen and oxygen atoms in total. The number of methoxy groups -OCH3 is 1. The lowest BCUT2D eigenvalue weighted by Gasteiger charge is -2.27. The molecule has 0 aliphatic heterocycles. The minimum Gasteiger partial charge on any atom is -0.496 e. The Kier molecular flexibility index (Phi) is 4.66. The molecule has 19 heavy (non-hydrogen) atoms. The van der Waals surface area contributed by atoms with Crippen molar-refractivity contribution in [3.63, 3.8) is 0 Å². The molecular weight excluding hydrogens is 264 g/mol. The van der Waals surface area contributed by atoms with Crippen LogP contribution in [-0.2, 0) is 0 Å². The molecule has 0 radical (unpaired) electrons. The van der Waals surface area contributed by atoms with Gasteiger partial charge in [-0.3, -0.25) is 4.79 Å². The van der Waals surface area contributed by atoms with Gasteiger partial charge in [0.25, 0.3) is 5.91 Å². The SMILES string of the molecule is COc1cc(Cl)ccc1C(=O)NC1CCC(N)CC1. The average molecular weight is 283 g/mol. The van der Waals surface area contributed by atoms with E-state index in [0.717, 1.165) is 25.7 Å². The van der Waals surface area contributed by atoms with Crippen LogP contribution in [0, 0.1) is 0 Å². The number of hydrogen-bond acceptors (Lipinski definition) is 3. The highest BCUT2D eigenvalue weighted by atomic mass is 35.5. The summed E-state index contributed by atoms with van der Waals surface area (Å²) in [6.45, 7) is 0. The number of amides is 1. The predicted octanol–water partition coefficient (Wildman–Crippen LogP) is 2.35. The number of nitrogens with one attached hydrogen (secondary N) is 1. The first-order valence-electron chi connectivity index (χ1n) is 6.50. The second-order valence-electron chi connectivity index (χ2n) is 4.93. The zero-order valence-corrected chi connectivity index (χ0v) is 11.7. The number of halogens is 1. The van der Waals surface area contributed by atoms with E-state index < -0.39 is 0 Å². The van der Waals surface area contributed by atoms with Crippen LogP contribution >= 0.6 is 11.6 Å². The van der Waals surface area contributed by atoms with Crippen molar-refractivity contribution in [2.24, 2.45) is 5.73 Å². The van der Waals surface area contributed by atoms with E-state index in [4.69, 9.17) is 22.1 Å². The van der Waals surface area contributed by atoms with Gasteiger partial charge in [0.2, 0.25) is 0 Å². The van der Waals surface area contributed by atoms with Gasteiger partial charge in [0.15, 0.2) is 0 Å². The molecule has 1 fully saturated rings. The zero-order valence-electron chi connectivity index (χ0n) is 11.0. The van der Waals surface area contributed by atoms with Crippen molar-refractivity contribution in [2.75, 3.05) is 7.11 Å². The standard InChI is InChI=1S/C14H19ClN2O2/c1-19-13-8-9(15)2-7-12(13)14(18)17-11-5-3-10(16)4-6-11/h2,7-8,10-11H,3-6,16H2,1H3,(H,17,18). The fraction of sp³-hybridized carbons (Fsp3) is 0.500. The van der Waals surface area contributed by atoms with E-state index in [0.29, 0.717) is 16.3 Å². The second kappa shape index (κ2) is 6.26. The lowest BCUT2D eigenvalue weighted by molar-refractivity contribution is 0.0923. The van der Waals surface area contributed by atoms with Gasteiger partial charge in [-0.05, 0) is 43.9 Å². The Hall–Kier alpha value is -1.26. The Morgan fingerprint density at radius 2 is 2.05 bits per heavy atom. The van der Waals surface area contributed by atoms with Crippen LogP contribution in [0.2, 0.25) is 5.02 Å². The minimum absolute atomic E-state index is 0.117. The van der Waals surface area contributed by atoms with Crippen molar-refractivity contribution in [3.8, 4) is 5.75 Å². The summed E-state index contributed by atoms with van der Waals surface area (Å²) in [6, 6.07) is 5.50. The van der Waals surface area contributed by atoms with Crippen LogP contribution < -0.4 is 15.8 Å². The van der Waals surface area contributed by atoms with Crippen molar-refractivity contribution in [1.29, 1.82) is 0 Å². The van der Waals surface area contributed by atoms with Gasteiger partial charge in [-0.25, -0.2) is 0 Å². The monoisotopic (exact) mass is 282 g/mol. The Labute approximate surface area is 118 Å². The molecule has 0 bridgehead atoms. The van der Waals surface area contributed by atoms with Gasteiger partial charge < -0.3 is 15.8 Å². The van der Waals surface area contributed by atoms with Crippen molar-refractivity contribution in [1.82, 2.24) is 5.32 Å². The van der Waals surface area contributed by atoms with Gasteiger partial charge >= 0.3 is 0 Å². The van der Waals surface area contributed by atoms with E-state index in [2.05, 4.69) is 5.32 Å².